The van der Waals surface area contributed by atoms with Gasteiger partial charge in [-0.3, -0.25) is 4.79 Å². The lowest BCUT2D eigenvalue weighted by molar-refractivity contribution is -0.129. The highest BCUT2D eigenvalue weighted by atomic mass is 32.1. The number of carbonyl (C=O) groups is 2. The number of hydrogen-bond donors (Lipinski definition) is 1. The van der Waals surface area contributed by atoms with Crippen LogP contribution < -0.4 is 5.32 Å². The Morgan fingerprint density at radius 3 is 2.78 bits per heavy atom. The maximum absolute atomic E-state index is 12.2. The largest absolute Gasteiger partial charge is 0.448 e. The molecule has 2 heterocycles. The van der Waals surface area contributed by atoms with Crippen LogP contribution >= 0.6 is 22.7 Å². The Bertz CT molecular complexity index is 865. The van der Waals surface area contributed by atoms with Crippen molar-refractivity contribution in [2.45, 2.75) is 26.4 Å². The number of thiophene rings is 2. The molecule has 0 aliphatic rings. The van der Waals surface area contributed by atoms with Crippen molar-refractivity contribution < 1.29 is 14.3 Å². The van der Waals surface area contributed by atoms with E-state index in [1.165, 1.54) is 16.0 Å². The van der Waals surface area contributed by atoms with E-state index >= 15 is 0 Å². The van der Waals surface area contributed by atoms with Gasteiger partial charge in [0.25, 0.3) is 5.91 Å². The van der Waals surface area contributed by atoms with E-state index in [1.54, 1.807) is 18.3 Å². The lowest BCUT2D eigenvalue weighted by Crippen LogP contribution is -2.36. The molecule has 0 saturated carbocycles. The SMILES string of the molecule is CCCNC(=O)[C@@H](C)OC(=O)c1cc2sc3ccccc3c2s1. The third-order valence-electron chi connectivity index (χ3n) is 3.45. The van der Waals surface area contributed by atoms with Crippen LogP contribution in [-0.2, 0) is 9.53 Å². The summed E-state index contributed by atoms with van der Waals surface area (Å²) in [6, 6.07) is 9.98. The van der Waals surface area contributed by atoms with Crippen molar-refractivity contribution in [3.8, 4) is 0 Å². The number of ether oxygens (including phenoxy) is 1. The first-order valence-corrected chi connectivity index (χ1v) is 9.13. The molecular weight excluding hydrogens is 330 g/mol. The van der Waals surface area contributed by atoms with Gasteiger partial charge in [-0.15, -0.1) is 22.7 Å². The zero-order valence-corrected chi connectivity index (χ0v) is 14.6. The van der Waals surface area contributed by atoms with Crippen LogP contribution in [0.15, 0.2) is 30.3 Å². The first-order valence-electron chi connectivity index (χ1n) is 7.50. The number of hydrogen-bond acceptors (Lipinski definition) is 5. The van der Waals surface area contributed by atoms with E-state index in [0.29, 0.717) is 11.4 Å². The molecule has 4 nitrogen and oxygen atoms in total. The molecule has 0 aliphatic heterocycles. The van der Waals surface area contributed by atoms with Gasteiger partial charge in [0.15, 0.2) is 6.10 Å². The van der Waals surface area contributed by atoms with E-state index < -0.39 is 12.1 Å². The van der Waals surface area contributed by atoms with Crippen LogP contribution in [0.2, 0.25) is 0 Å². The quantitative estimate of drug-likeness (QED) is 0.704. The van der Waals surface area contributed by atoms with Crippen LogP contribution in [0, 0.1) is 0 Å². The summed E-state index contributed by atoms with van der Waals surface area (Å²) in [7, 11) is 0. The van der Waals surface area contributed by atoms with Crippen molar-refractivity contribution in [1.29, 1.82) is 0 Å². The average Bonchev–Trinajstić information content (AvgIpc) is 3.10. The summed E-state index contributed by atoms with van der Waals surface area (Å²) < 4.78 is 8.65. The second-order valence-electron chi connectivity index (χ2n) is 5.24. The van der Waals surface area contributed by atoms with Gasteiger partial charge in [-0.25, -0.2) is 4.79 Å². The summed E-state index contributed by atoms with van der Waals surface area (Å²) in [6.07, 6.45) is 0.0617. The van der Waals surface area contributed by atoms with Crippen LogP contribution in [0.3, 0.4) is 0 Å². The first-order chi connectivity index (χ1) is 11.1. The lowest BCUT2D eigenvalue weighted by Gasteiger charge is -2.12. The fourth-order valence-electron chi connectivity index (χ4n) is 2.26. The van der Waals surface area contributed by atoms with Crippen LogP contribution in [0.1, 0.15) is 29.9 Å². The van der Waals surface area contributed by atoms with Crippen LogP contribution in [0.25, 0.3) is 19.5 Å². The Morgan fingerprint density at radius 1 is 1.22 bits per heavy atom. The normalized spacial score (nSPS) is 12.4. The molecule has 0 fully saturated rings. The van der Waals surface area contributed by atoms with Gasteiger partial charge in [0.05, 0.1) is 4.70 Å². The summed E-state index contributed by atoms with van der Waals surface area (Å²) in [5.41, 5.74) is 0. The number of fused-ring (bicyclic) bond motifs is 3. The van der Waals surface area contributed by atoms with E-state index in [1.807, 2.05) is 25.1 Å². The zero-order valence-electron chi connectivity index (χ0n) is 12.9. The van der Waals surface area contributed by atoms with Gasteiger partial charge in [-0.05, 0) is 25.5 Å². The number of esters is 1. The van der Waals surface area contributed by atoms with Gasteiger partial charge >= 0.3 is 5.97 Å². The number of amides is 1. The Balaban J connectivity index is 1.77. The molecule has 1 amide bonds. The van der Waals surface area contributed by atoms with E-state index in [4.69, 9.17) is 4.74 Å². The van der Waals surface area contributed by atoms with Crippen LogP contribution in [-0.4, -0.2) is 24.5 Å². The van der Waals surface area contributed by atoms with Crippen molar-refractivity contribution in [2.75, 3.05) is 6.54 Å². The number of rotatable bonds is 5. The van der Waals surface area contributed by atoms with Gasteiger partial charge in [0, 0.05) is 21.3 Å². The van der Waals surface area contributed by atoms with Gasteiger partial charge in [-0.1, -0.05) is 25.1 Å². The third kappa shape index (κ3) is 3.23. The number of nitrogens with one attached hydrogen (secondary N) is 1. The standard InChI is InChI=1S/C17H17NO3S2/c1-3-8-18-16(19)10(2)21-17(20)14-9-13-15(23-14)11-6-4-5-7-12(11)22-13/h4-7,9-10H,3,8H2,1-2H3,(H,18,19)/t10-/m1/s1. The molecule has 0 radical (unpaired) electrons. The van der Waals surface area contributed by atoms with Crippen molar-refractivity contribution in [2.24, 2.45) is 0 Å². The van der Waals surface area contributed by atoms with Crippen molar-refractivity contribution in [3.05, 3.63) is 35.2 Å². The topological polar surface area (TPSA) is 55.4 Å². The third-order valence-corrected chi connectivity index (χ3v) is 5.85. The molecule has 0 aliphatic carbocycles. The molecule has 120 valence electrons. The molecular formula is C17H17NO3S2. The Hall–Kier alpha value is -1.92. The van der Waals surface area contributed by atoms with Gasteiger partial charge in [0.1, 0.15) is 4.88 Å². The Kier molecular flexibility index (Phi) is 4.63. The van der Waals surface area contributed by atoms with Crippen LogP contribution in [0.4, 0.5) is 0 Å². The Labute approximate surface area is 142 Å². The minimum atomic E-state index is -0.786. The van der Waals surface area contributed by atoms with Gasteiger partial charge in [-0.2, -0.15) is 0 Å². The maximum Gasteiger partial charge on any atom is 0.349 e. The fourth-order valence-corrected chi connectivity index (χ4v) is 4.67. The van der Waals surface area contributed by atoms with Gasteiger partial charge < -0.3 is 10.1 Å². The predicted molar refractivity (Wildman–Crippen MR) is 95.4 cm³/mol. The van der Waals surface area contributed by atoms with E-state index in [9.17, 15) is 9.59 Å². The lowest BCUT2D eigenvalue weighted by atomic mass is 10.2. The first kappa shape index (κ1) is 16.0. The minimum absolute atomic E-state index is 0.260. The highest BCUT2D eigenvalue weighted by Gasteiger charge is 2.21. The highest BCUT2D eigenvalue weighted by molar-refractivity contribution is 7.33. The van der Waals surface area contributed by atoms with Crippen LogP contribution in [0.5, 0.6) is 0 Å². The molecule has 0 bridgehead atoms. The summed E-state index contributed by atoms with van der Waals surface area (Å²) in [5, 5.41) is 3.88. The molecule has 1 N–H and O–H groups in total. The molecule has 3 rings (SSSR count). The second-order valence-corrected chi connectivity index (χ2v) is 7.38. The fraction of sp³-hybridized carbons (Fsp3) is 0.294. The molecule has 3 aromatic rings. The van der Waals surface area contributed by atoms with Crippen molar-refractivity contribution in [1.82, 2.24) is 5.32 Å². The number of benzene rings is 1. The van der Waals surface area contributed by atoms with E-state index in [2.05, 4.69) is 17.4 Å². The molecule has 1 atom stereocenters. The van der Waals surface area contributed by atoms with Gasteiger partial charge in [0.2, 0.25) is 0 Å². The molecule has 0 saturated heterocycles. The molecule has 2 aromatic heterocycles. The molecule has 23 heavy (non-hydrogen) atoms. The summed E-state index contributed by atoms with van der Waals surface area (Å²) in [5.74, 6) is -0.703. The van der Waals surface area contributed by atoms with E-state index in [0.717, 1.165) is 21.2 Å². The highest BCUT2D eigenvalue weighted by Crippen LogP contribution is 2.39. The predicted octanol–water partition coefficient (Wildman–Crippen LogP) is 4.19. The molecule has 0 unspecified atom stereocenters. The second kappa shape index (κ2) is 6.68. The summed E-state index contributed by atoms with van der Waals surface area (Å²) >= 11 is 3.08. The van der Waals surface area contributed by atoms with Crippen molar-refractivity contribution in [3.63, 3.8) is 0 Å². The Morgan fingerprint density at radius 2 is 2.00 bits per heavy atom. The molecule has 0 spiro atoms. The maximum atomic E-state index is 12.2. The molecule has 1 aromatic carbocycles. The smallest absolute Gasteiger partial charge is 0.349 e. The van der Waals surface area contributed by atoms with E-state index in [-0.39, 0.29) is 5.91 Å². The van der Waals surface area contributed by atoms with Crippen molar-refractivity contribution >= 4 is 54.0 Å². The average molecular weight is 347 g/mol. The zero-order chi connectivity index (χ0) is 16.4. The summed E-state index contributed by atoms with van der Waals surface area (Å²) in [4.78, 5) is 24.6. The monoisotopic (exact) mass is 347 g/mol. The number of carbonyl (C=O) groups excluding carboxylic acids is 2. The minimum Gasteiger partial charge on any atom is -0.448 e. The molecule has 6 heteroatoms. The summed E-state index contributed by atoms with van der Waals surface area (Å²) in [6.45, 7) is 4.15.